The van der Waals surface area contributed by atoms with Crippen molar-refractivity contribution >= 4 is 5.97 Å². The summed E-state index contributed by atoms with van der Waals surface area (Å²) in [5.41, 5.74) is 0. The first-order chi connectivity index (χ1) is 6.81. The van der Waals surface area contributed by atoms with Gasteiger partial charge in [0.25, 0.3) is 0 Å². The number of aliphatic carboxylic acids is 1. The molecule has 0 aliphatic rings. The van der Waals surface area contributed by atoms with Crippen LogP contribution in [0.15, 0.2) is 0 Å². The summed E-state index contributed by atoms with van der Waals surface area (Å²) in [4.78, 5) is 10.4. The molecule has 15 heavy (non-hydrogen) atoms. The van der Waals surface area contributed by atoms with Crippen LogP contribution in [0.1, 0.15) is 19.8 Å². The van der Waals surface area contributed by atoms with Crippen LogP contribution < -0.4 is 0 Å². The third kappa shape index (κ3) is 4.96. The average Bonchev–Trinajstić information content (AvgIpc) is 2.11. The molecule has 1 atom stereocenters. The van der Waals surface area contributed by atoms with Crippen molar-refractivity contribution in [1.29, 1.82) is 0 Å². The Morgan fingerprint density at radius 3 is 2.33 bits per heavy atom. The molecule has 0 fully saturated rings. The lowest BCUT2D eigenvalue weighted by atomic mass is 10.2. The maximum absolute atomic E-state index is 12.3. The number of carbonyl (C=O) groups is 1. The molecule has 0 amide bonds. The van der Waals surface area contributed by atoms with Crippen LogP contribution >= 0.6 is 0 Å². The van der Waals surface area contributed by atoms with Crippen molar-refractivity contribution in [3.05, 3.63) is 0 Å². The molecule has 0 aliphatic heterocycles. The van der Waals surface area contributed by atoms with Crippen LogP contribution in [-0.2, 0) is 9.53 Å². The summed E-state index contributed by atoms with van der Waals surface area (Å²) in [5.74, 6) is -5.73. The van der Waals surface area contributed by atoms with Gasteiger partial charge in [-0.15, -0.1) is 0 Å². The van der Waals surface area contributed by atoms with Crippen molar-refractivity contribution in [2.45, 2.75) is 38.2 Å². The second-order valence-electron chi connectivity index (χ2n) is 2.99. The molecule has 0 spiro atoms. The van der Waals surface area contributed by atoms with Gasteiger partial charge in [-0.3, -0.25) is 0 Å². The summed E-state index contributed by atoms with van der Waals surface area (Å²) in [5, 5.41) is 8.48. The molecule has 3 nitrogen and oxygen atoms in total. The van der Waals surface area contributed by atoms with Crippen LogP contribution in [0, 0.1) is 0 Å². The molecule has 0 aromatic rings. The molecular weight excluding hydrogens is 220 g/mol. The number of halogens is 4. The van der Waals surface area contributed by atoms with Crippen molar-refractivity contribution in [2.24, 2.45) is 0 Å². The fourth-order valence-corrected chi connectivity index (χ4v) is 0.815. The van der Waals surface area contributed by atoms with Gasteiger partial charge in [0, 0.05) is 0 Å². The van der Waals surface area contributed by atoms with E-state index < -0.39 is 31.0 Å². The van der Waals surface area contributed by atoms with E-state index in [9.17, 15) is 22.4 Å². The first-order valence-electron chi connectivity index (χ1n) is 4.31. The number of carboxylic acids is 1. The van der Waals surface area contributed by atoms with E-state index >= 15 is 0 Å². The molecular formula is C8H12F4O3. The maximum Gasteiger partial charge on any atom is 0.332 e. The maximum atomic E-state index is 12.3. The average molecular weight is 232 g/mol. The van der Waals surface area contributed by atoms with Crippen LogP contribution in [0.25, 0.3) is 0 Å². The molecule has 0 bridgehead atoms. The Kier molecular flexibility index (Phi) is 5.56. The predicted molar refractivity (Wildman–Crippen MR) is 43.2 cm³/mol. The fraction of sp³-hybridized carbons (Fsp3) is 0.875. The highest BCUT2D eigenvalue weighted by Crippen LogP contribution is 2.23. The van der Waals surface area contributed by atoms with Gasteiger partial charge in [0.05, 0.1) is 0 Å². The Balaban J connectivity index is 4.15. The zero-order chi connectivity index (χ0) is 12.1. The third-order valence-electron chi connectivity index (χ3n) is 1.62. The van der Waals surface area contributed by atoms with Crippen LogP contribution in [0.4, 0.5) is 17.6 Å². The number of rotatable bonds is 7. The molecule has 1 unspecified atom stereocenters. The van der Waals surface area contributed by atoms with Crippen molar-refractivity contribution in [1.82, 2.24) is 0 Å². The lowest BCUT2D eigenvalue weighted by Crippen LogP contribution is -2.36. The van der Waals surface area contributed by atoms with E-state index in [2.05, 4.69) is 4.74 Å². The topological polar surface area (TPSA) is 46.5 Å². The third-order valence-corrected chi connectivity index (χ3v) is 1.62. The van der Waals surface area contributed by atoms with Crippen LogP contribution in [0.5, 0.6) is 0 Å². The Bertz CT molecular complexity index is 208. The lowest BCUT2D eigenvalue weighted by molar-refractivity contribution is -0.185. The largest absolute Gasteiger partial charge is 0.479 e. The van der Waals surface area contributed by atoms with Gasteiger partial charge in [-0.25, -0.2) is 13.6 Å². The van der Waals surface area contributed by atoms with E-state index in [1.165, 1.54) is 0 Å². The van der Waals surface area contributed by atoms with Gasteiger partial charge >= 0.3 is 18.3 Å². The van der Waals surface area contributed by atoms with Crippen molar-refractivity contribution in [2.75, 3.05) is 6.61 Å². The van der Waals surface area contributed by atoms with Crippen LogP contribution in [0.2, 0.25) is 0 Å². The zero-order valence-electron chi connectivity index (χ0n) is 8.05. The van der Waals surface area contributed by atoms with Gasteiger partial charge in [-0.1, -0.05) is 13.3 Å². The normalized spacial score (nSPS) is 14.3. The molecule has 7 heteroatoms. The quantitative estimate of drug-likeness (QED) is 0.684. The van der Waals surface area contributed by atoms with E-state index in [4.69, 9.17) is 5.11 Å². The smallest absolute Gasteiger partial charge is 0.332 e. The van der Waals surface area contributed by atoms with Gasteiger partial charge in [0.1, 0.15) is 6.61 Å². The minimum atomic E-state index is -4.30. The molecule has 1 N–H and O–H groups in total. The lowest BCUT2D eigenvalue weighted by Gasteiger charge is -2.18. The number of carboxylic acid groups (broad SMARTS) is 1. The number of hydrogen-bond donors (Lipinski definition) is 1. The second-order valence-corrected chi connectivity index (χ2v) is 2.99. The van der Waals surface area contributed by atoms with E-state index in [0.29, 0.717) is 6.42 Å². The second kappa shape index (κ2) is 5.89. The molecule has 0 saturated carbocycles. The van der Waals surface area contributed by atoms with Crippen LogP contribution in [-0.4, -0.2) is 36.1 Å². The molecule has 0 rings (SSSR count). The fourth-order valence-electron chi connectivity index (χ4n) is 0.815. The summed E-state index contributed by atoms with van der Waals surface area (Å²) >= 11 is 0. The van der Waals surface area contributed by atoms with Gasteiger partial charge in [-0.2, -0.15) is 8.78 Å². The Morgan fingerprint density at radius 1 is 1.47 bits per heavy atom. The first-order valence-corrected chi connectivity index (χ1v) is 4.31. The Morgan fingerprint density at radius 2 is 2.00 bits per heavy atom. The summed E-state index contributed by atoms with van der Waals surface area (Å²) in [6.07, 6.45) is -4.90. The van der Waals surface area contributed by atoms with Gasteiger partial charge in [-0.05, 0) is 6.42 Å². The first kappa shape index (κ1) is 14.2. The molecule has 0 radical (unpaired) electrons. The Labute approximate surface area is 84.0 Å². The van der Waals surface area contributed by atoms with Gasteiger partial charge in [0.2, 0.25) is 0 Å². The van der Waals surface area contributed by atoms with E-state index in [-0.39, 0.29) is 6.42 Å². The molecule has 0 saturated heterocycles. The van der Waals surface area contributed by atoms with E-state index in [1.807, 2.05) is 0 Å². The number of alkyl halides is 4. The number of ether oxygens (including phenoxy) is 1. The molecule has 0 aromatic carbocycles. The van der Waals surface area contributed by atoms with Gasteiger partial charge in [0.15, 0.2) is 6.10 Å². The summed E-state index contributed by atoms with van der Waals surface area (Å²) in [7, 11) is 0. The summed E-state index contributed by atoms with van der Waals surface area (Å²) < 4.78 is 52.3. The summed E-state index contributed by atoms with van der Waals surface area (Å²) in [6.45, 7) is 0.0478. The molecule has 0 heterocycles. The van der Waals surface area contributed by atoms with Crippen LogP contribution in [0.3, 0.4) is 0 Å². The minimum Gasteiger partial charge on any atom is -0.479 e. The molecule has 0 aromatic heterocycles. The zero-order valence-corrected chi connectivity index (χ0v) is 8.05. The SMILES string of the molecule is CCCC(OCC(F)(F)C(F)F)C(=O)O. The van der Waals surface area contributed by atoms with Gasteiger partial charge < -0.3 is 9.84 Å². The highest BCUT2D eigenvalue weighted by Gasteiger charge is 2.42. The monoisotopic (exact) mass is 232 g/mol. The van der Waals surface area contributed by atoms with Crippen molar-refractivity contribution in [3.63, 3.8) is 0 Å². The Hall–Kier alpha value is -0.850. The summed E-state index contributed by atoms with van der Waals surface area (Å²) in [6, 6.07) is 0. The van der Waals surface area contributed by atoms with Crippen molar-refractivity contribution in [3.8, 4) is 0 Å². The van der Waals surface area contributed by atoms with E-state index in [1.54, 1.807) is 6.92 Å². The highest BCUT2D eigenvalue weighted by atomic mass is 19.3. The predicted octanol–water partition coefficient (Wildman–Crippen LogP) is 2.16. The minimum absolute atomic E-state index is 0.00858. The van der Waals surface area contributed by atoms with E-state index in [0.717, 1.165) is 0 Å². The standard InChI is InChI=1S/C8H12F4O3/c1-2-3-5(6(13)14)15-4-8(11,12)7(9)10/h5,7H,2-4H2,1H3,(H,13,14). The number of hydrogen-bond acceptors (Lipinski definition) is 2. The van der Waals surface area contributed by atoms with Crippen molar-refractivity contribution < 1.29 is 32.2 Å². The molecule has 0 aliphatic carbocycles. The highest BCUT2D eigenvalue weighted by molar-refractivity contribution is 5.72. The molecule has 90 valence electrons.